The number of benzene rings is 1. The molecule has 3 aromatic rings. The molecule has 0 bridgehead atoms. The molecule has 0 spiro atoms. The van der Waals surface area contributed by atoms with Crippen molar-refractivity contribution in [3.05, 3.63) is 71.7 Å². The van der Waals surface area contributed by atoms with Gasteiger partial charge in [0.1, 0.15) is 11.9 Å². The van der Waals surface area contributed by atoms with Crippen molar-refractivity contribution in [2.75, 3.05) is 7.11 Å². The monoisotopic (exact) mass is 419 g/mol. The lowest BCUT2D eigenvalue weighted by Crippen LogP contribution is -2.09. The van der Waals surface area contributed by atoms with Gasteiger partial charge in [-0.05, 0) is 36.2 Å². The highest BCUT2D eigenvalue weighted by Crippen LogP contribution is 2.29. The highest BCUT2D eigenvalue weighted by Gasteiger charge is 2.32. The summed E-state index contributed by atoms with van der Waals surface area (Å²) < 4.78 is 50.0. The summed E-state index contributed by atoms with van der Waals surface area (Å²) in [7, 11) is 1.32. The minimum absolute atomic E-state index is 0.243. The first kappa shape index (κ1) is 21.4. The Morgan fingerprint density at radius 3 is 2.40 bits per heavy atom. The Labute approximate surface area is 171 Å². The number of hydrogen-bond donors (Lipinski definition) is 0. The van der Waals surface area contributed by atoms with Crippen LogP contribution in [0.3, 0.4) is 0 Å². The lowest BCUT2D eigenvalue weighted by Gasteiger charge is -2.19. The van der Waals surface area contributed by atoms with E-state index in [0.717, 1.165) is 35.5 Å². The van der Waals surface area contributed by atoms with Gasteiger partial charge in [0.25, 0.3) is 0 Å². The summed E-state index contributed by atoms with van der Waals surface area (Å²) in [5.74, 6) is 0.298. The Morgan fingerprint density at radius 2 is 1.87 bits per heavy atom. The smallest absolute Gasteiger partial charge is 0.419 e. The van der Waals surface area contributed by atoms with E-state index in [1.807, 2.05) is 6.92 Å². The highest BCUT2D eigenvalue weighted by molar-refractivity contribution is 5.89. The Bertz CT molecular complexity index is 983. The molecule has 0 radical (unpaired) electrons. The summed E-state index contributed by atoms with van der Waals surface area (Å²) in [5, 5.41) is 3.71. The van der Waals surface area contributed by atoms with Crippen molar-refractivity contribution < 1.29 is 27.4 Å². The van der Waals surface area contributed by atoms with Crippen LogP contribution in [0.5, 0.6) is 5.75 Å². The number of aromatic nitrogens is 3. The number of carbonyl (C=O) groups is 1. The molecule has 2 heterocycles. The summed E-state index contributed by atoms with van der Waals surface area (Å²) in [6.07, 6.45) is -0.0627. The van der Waals surface area contributed by atoms with Crippen LogP contribution in [0.4, 0.5) is 13.2 Å². The van der Waals surface area contributed by atoms with E-state index < -0.39 is 17.7 Å². The SMILES string of the molecule is CCCC(Oc1ccc(-n2cc(C(F)(F)F)cn2)nc1)c1ccc(C(=O)OC)cc1. The van der Waals surface area contributed by atoms with Gasteiger partial charge in [-0.1, -0.05) is 25.5 Å². The van der Waals surface area contributed by atoms with E-state index >= 15 is 0 Å². The van der Waals surface area contributed by atoms with Crippen LogP contribution in [-0.4, -0.2) is 27.8 Å². The van der Waals surface area contributed by atoms with Gasteiger partial charge in [0.15, 0.2) is 5.82 Å². The molecule has 9 heteroatoms. The number of carbonyl (C=O) groups excluding carboxylic acids is 1. The molecule has 30 heavy (non-hydrogen) atoms. The Balaban J connectivity index is 1.74. The molecule has 0 aliphatic heterocycles. The minimum Gasteiger partial charge on any atom is -0.484 e. The summed E-state index contributed by atoms with van der Waals surface area (Å²) in [6.45, 7) is 2.02. The number of nitrogens with zero attached hydrogens (tertiary/aromatic N) is 3. The van der Waals surface area contributed by atoms with Crippen LogP contribution < -0.4 is 4.74 Å². The van der Waals surface area contributed by atoms with Gasteiger partial charge < -0.3 is 9.47 Å². The molecule has 0 saturated heterocycles. The summed E-state index contributed by atoms with van der Waals surface area (Å²) in [6, 6.07) is 10.1. The van der Waals surface area contributed by atoms with E-state index in [4.69, 9.17) is 9.47 Å². The van der Waals surface area contributed by atoms with Crippen molar-refractivity contribution in [2.24, 2.45) is 0 Å². The molecule has 2 aromatic heterocycles. The van der Waals surface area contributed by atoms with E-state index in [1.54, 1.807) is 30.3 Å². The fourth-order valence-corrected chi connectivity index (χ4v) is 2.84. The number of methoxy groups -OCH3 is 1. The topological polar surface area (TPSA) is 66.2 Å². The molecule has 0 amide bonds. The number of halogens is 3. The summed E-state index contributed by atoms with van der Waals surface area (Å²) in [5.41, 5.74) is 0.485. The maximum atomic E-state index is 12.7. The van der Waals surface area contributed by atoms with Gasteiger partial charge in [0, 0.05) is 6.20 Å². The average molecular weight is 419 g/mol. The molecule has 0 fully saturated rings. The van der Waals surface area contributed by atoms with Crippen LogP contribution in [0, 0.1) is 0 Å². The Morgan fingerprint density at radius 1 is 1.13 bits per heavy atom. The van der Waals surface area contributed by atoms with E-state index in [2.05, 4.69) is 10.1 Å². The first-order valence-electron chi connectivity index (χ1n) is 9.25. The van der Waals surface area contributed by atoms with Crippen LogP contribution in [0.2, 0.25) is 0 Å². The van der Waals surface area contributed by atoms with Crippen molar-refractivity contribution in [3.63, 3.8) is 0 Å². The molecule has 6 nitrogen and oxygen atoms in total. The first-order valence-corrected chi connectivity index (χ1v) is 9.25. The van der Waals surface area contributed by atoms with Crippen molar-refractivity contribution >= 4 is 5.97 Å². The third kappa shape index (κ3) is 4.97. The molecule has 0 saturated carbocycles. The highest BCUT2D eigenvalue weighted by atomic mass is 19.4. The third-order valence-corrected chi connectivity index (χ3v) is 4.40. The molecule has 0 N–H and O–H groups in total. The maximum Gasteiger partial charge on any atom is 0.419 e. The van der Waals surface area contributed by atoms with Gasteiger partial charge in [-0.15, -0.1) is 0 Å². The summed E-state index contributed by atoms with van der Waals surface area (Å²) >= 11 is 0. The molecule has 158 valence electrons. The Kier molecular flexibility index (Phi) is 6.39. The summed E-state index contributed by atoms with van der Waals surface area (Å²) in [4.78, 5) is 15.7. The number of rotatable bonds is 7. The maximum absolute atomic E-state index is 12.7. The third-order valence-electron chi connectivity index (χ3n) is 4.40. The fraction of sp³-hybridized carbons (Fsp3) is 0.286. The number of alkyl halides is 3. The molecule has 0 aliphatic rings. The molecule has 1 atom stereocenters. The predicted octanol–water partition coefficient (Wildman–Crippen LogP) is 4.99. The van der Waals surface area contributed by atoms with Crippen LogP contribution in [0.15, 0.2) is 55.0 Å². The Hall–Kier alpha value is -3.36. The van der Waals surface area contributed by atoms with Crippen molar-refractivity contribution in [1.29, 1.82) is 0 Å². The van der Waals surface area contributed by atoms with Crippen LogP contribution in [-0.2, 0) is 10.9 Å². The van der Waals surface area contributed by atoms with Crippen LogP contribution in [0.25, 0.3) is 5.82 Å². The molecule has 0 aliphatic carbocycles. The van der Waals surface area contributed by atoms with Gasteiger partial charge in [0.05, 0.1) is 30.6 Å². The molecule has 1 unspecified atom stereocenters. The standard InChI is InChI=1S/C21H20F3N3O3/c1-3-4-18(14-5-7-15(8-6-14)20(28)29-2)30-17-9-10-19(25-12-17)27-13-16(11-26-27)21(22,23)24/h5-13,18H,3-4H2,1-2H3. The quantitative estimate of drug-likeness (QED) is 0.505. The molecule has 1 aromatic carbocycles. The van der Waals surface area contributed by atoms with Gasteiger partial charge >= 0.3 is 12.1 Å². The normalized spacial score (nSPS) is 12.4. The zero-order valence-corrected chi connectivity index (χ0v) is 16.4. The van der Waals surface area contributed by atoms with Gasteiger partial charge in [0.2, 0.25) is 0 Å². The average Bonchev–Trinajstić information content (AvgIpc) is 3.24. The van der Waals surface area contributed by atoms with Crippen molar-refractivity contribution in [3.8, 4) is 11.6 Å². The molecular formula is C21H20F3N3O3. The second-order valence-corrected chi connectivity index (χ2v) is 6.53. The van der Waals surface area contributed by atoms with Gasteiger partial charge in [-0.3, -0.25) is 0 Å². The van der Waals surface area contributed by atoms with Crippen molar-refractivity contribution in [1.82, 2.24) is 14.8 Å². The molecule has 3 rings (SSSR count). The molecular weight excluding hydrogens is 399 g/mol. The largest absolute Gasteiger partial charge is 0.484 e. The number of hydrogen-bond acceptors (Lipinski definition) is 5. The number of pyridine rings is 1. The fourth-order valence-electron chi connectivity index (χ4n) is 2.84. The number of ether oxygens (including phenoxy) is 2. The second-order valence-electron chi connectivity index (χ2n) is 6.53. The minimum atomic E-state index is -4.46. The van der Waals surface area contributed by atoms with E-state index in [0.29, 0.717) is 11.3 Å². The van der Waals surface area contributed by atoms with Crippen LogP contribution >= 0.6 is 0 Å². The van der Waals surface area contributed by atoms with Crippen molar-refractivity contribution in [2.45, 2.75) is 32.0 Å². The van der Waals surface area contributed by atoms with Gasteiger partial charge in [-0.25, -0.2) is 14.5 Å². The number of esters is 1. The second kappa shape index (κ2) is 8.98. The zero-order chi connectivity index (χ0) is 21.7. The predicted molar refractivity (Wildman–Crippen MR) is 102 cm³/mol. The lowest BCUT2D eigenvalue weighted by atomic mass is 10.0. The van der Waals surface area contributed by atoms with Gasteiger partial charge in [-0.2, -0.15) is 18.3 Å². The van der Waals surface area contributed by atoms with E-state index in [1.165, 1.54) is 19.4 Å². The first-order chi connectivity index (χ1) is 14.3. The van der Waals surface area contributed by atoms with Crippen LogP contribution in [0.1, 0.15) is 47.4 Å². The van der Waals surface area contributed by atoms with E-state index in [9.17, 15) is 18.0 Å². The lowest BCUT2D eigenvalue weighted by molar-refractivity contribution is -0.137. The zero-order valence-electron chi connectivity index (χ0n) is 16.4. The van der Waals surface area contributed by atoms with E-state index in [-0.39, 0.29) is 11.9 Å².